The Balaban J connectivity index is 2.75. The summed E-state index contributed by atoms with van der Waals surface area (Å²) in [7, 11) is 4.80. The van der Waals surface area contributed by atoms with Gasteiger partial charge < -0.3 is 19.3 Å². The average molecular weight is 204 g/mol. The zero-order valence-electron chi connectivity index (χ0n) is 9.16. The lowest BCUT2D eigenvalue weighted by atomic mass is 10.0. The van der Waals surface area contributed by atoms with Crippen molar-refractivity contribution < 1.29 is 19.3 Å². The molecular formula is C10H20O4. The fourth-order valence-corrected chi connectivity index (χ4v) is 2.04. The molecule has 14 heavy (non-hydrogen) atoms. The molecule has 4 nitrogen and oxygen atoms in total. The molecule has 0 aliphatic heterocycles. The third-order valence-corrected chi connectivity index (χ3v) is 3.05. The summed E-state index contributed by atoms with van der Waals surface area (Å²) in [5.74, 6) is -0.892. The van der Waals surface area contributed by atoms with Crippen molar-refractivity contribution in [1.29, 1.82) is 0 Å². The van der Waals surface area contributed by atoms with E-state index >= 15 is 0 Å². The molecule has 84 valence electrons. The average Bonchev–Trinajstić information content (AvgIpc) is 2.38. The van der Waals surface area contributed by atoms with Gasteiger partial charge in [-0.15, -0.1) is 0 Å². The highest BCUT2D eigenvalue weighted by Gasteiger charge is 2.42. The first-order valence-corrected chi connectivity index (χ1v) is 4.99. The maximum absolute atomic E-state index is 9.91. The molecule has 0 aromatic rings. The molecule has 0 aromatic carbocycles. The predicted molar refractivity (Wildman–Crippen MR) is 52.0 cm³/mol. The Kier molecular flexibility index (Phi) is 4.31. The fourth-order valence-electron chi connectivity index (χ4n) is 2.04. The molecule has 1 aliphatic rings. The maximum atomic E-state index is 9.91. The molecule has 1 aliphatic carbocycles. The molecule has 0 radical (unpaired) electrons. The molecule has 0 saturated heterocycles. The van der Waals surface area contributed by atoms with E-state index in [1.54, 1.807) is 21.3 Å². The largest absolute Gasteiger partial charge is 0.388 e. The second-order valence-electron chi connectivity index (χ2n) is 3.73. The molecule has 1 rings (SSSR count). The van der Waals surface area contributed by atoms with E-state index in [4.69, 9.17) is 14.2 Å². The summed E-state index contributed by atoms with van der Waals surface area (Å²) in [4.78, 5) is 0. The van der Waals surface area contributed by atoms with Gasteiger partial charge >= 0.3 is 0 Å². The van der Waals surface area contributed by atoms with Gasteiger partial charge in [-0.3, -0.25) is 0 Å². The first-order chi connectivity index (χ1) is 6.68. The lowest BCUT2D eigenvalue weighted by Gasteiger charge is -2.35. The molecular weight excluding hydrogens is 184 g/mol. The van der Waals surface area contributed by atoms with Crippen LogP contribution in [0.4, 0.5) is 0 Å². The Morgan fingerprint density at radius 2 is 1.79 bits per heavy atom. The summed E-state index contributed by atoms with van der Waals surface area (Å²) in [5.41, 5.74) is 0. The third-order valence-electron chi connectivity index (χ3n) is 3.05. The van der Waals surface area contributed by atoms with Gasteiger partial charge in [0.15, 0.2) is 5.79 Å². The van der Waals surface area contributed by atoms with E-state index in [1.807, 2.05) is 0 Å². The first-order valence-electron chi connectivity index (χ1n) is 4.99. The van der Waals surface area contributed by atoms with E-state index in [9.17, 15) is 5.11 Å². The van der Waals surface area contributed by atoms with Crippen LogP contribution >= 0.6 is 0 Å². The highest BCUT2D eigenvalue weighted by Crippen LogP contribution is 2.32. The van der Waals surface area contributed by atoms with Crippen molar-refractivity contribution in [3.8, 4) is 0 Å². The van der Waals surface area contributed by atoms with Crippen molar-refractivity contribution in [1.82, 2.24) is 0 Å². The molecule has 1 fully saturated rings. The van der Waals surface area contributed by atoms with Crippen LogP contribution in [-0.4, -0.2) is 44.4 Å². The normalized spacial score (nSPS) is 32.6. The minimum absolute atomic E-state index is 0.104. The number of aliphatic hydroxyl groups is 1. The third kappa shape index (κ3) is 2.25. The van der Waals surface area contributed by atoms with Gasteiger partial charge in [0.1, 0.15) is 6.10 Å². The van der Waals surface area contributed by atoms with E-state index in [0.717, 1.165) is 12.8 Å². The van der Waals surface area contributed by atoms with Crippen molar-refractivity contribution >= 4 is 0 Å². The van der Waals surface area contributed by atoms with Gasteiger partial charge in [-0.1, -0.05) is 0 Å². The predicted octanol–water partition coefficient (Wildman–Crippen LogP) is 0.925. The lowest BCUT2D eigenvalue weighted by Crippen LogP contribution is -2.47. The van der Waals surface area contributed by atoms with Crippen LogP contribution in [0, 0.1) is 0 Å². The molecule has 0 bridgehead atoms. The summed E-state index contributed by atoms with van der Waals surface area (Å²) in [6, 6.07) is 0. The van der Waals surface area contributed by atoms with Crippen LogP contribution in [0.15, 0.2) is 0 Å². The maximum Gasteiger partial charge on any atom is 0.196 e. The van der Waals surface area contributed by atoms with Crippen LogP contribution in [0.3, 0.4) is 0 Å². The van der Waals surface area contributed by atoms with Gasteiger partial charge in [0.2, 0.25) is 0 Å². The molecule has 0 heterocycles. The molecule has 0 spiro atoms. The Hall–Kier alpha value is -0.160. The van der Waals surface area contributed by atoms with Crippen LogP contribution in [0.25, 0.3) is 0 Å². The topological polar surface area (TPSA) is 47.9 Å². The summed E-state index contributed by atoms with van der Waals surface area (Å²) in [6.45, 7) is 0. The Labute approximate surface area is 85.2 Å². The number of ether oxygens (including phenoxy) is 3. The smallest absolute Gasteiger partial charge is 0.196 e. The van der Waals surface area contributed by atoms with Crippen LogP contribution in [0.2, 0.25) is 0 Å². The van der Waals surface area contributed by atoms with Crippen LogP contribution < -0.4 is 0 Å². The van der Waals surface area contributed by atoms with Crippen LogP contribution in [0.1, 0.15) is 25.7 Å². The molecule has 2 atom stereocenters. The standard InChI is InChI=1S/C10H20O4/c1-12-8-5-4-6-9(11)10(7-8,13-2)14-3/h8-9,11H,4-7H2,1-3H3. The Morgan fingerprint density at radius 3 is 2.29 bits per heavy atom. The van der Waals surface area contributed by atoms with Gasteiger partial charge in [0.05, 0.1) is 6.10 Å². The summed E-state index contributed by atoms with van der Waals surface area (Å²) in [6.07, 6.45) is 2.69. The lowest BCUT2D eigenvalue weighted by molar-refractivity contribution is -0.268. The van der Waals surface area contributed by atoms with E-state index < -0.39 is 11.9 Å². The van der Waals surface area contributed by atoms with Crippen molar-refractivity contribution in [2.75, 3.05) is 21.3 Å². The van der Waals surface area contributed by atoms with E-state index in [2.05, 4.69) is 0 Å². The van der Waals surface area contributed by atoms with Crippen molar-refractivity contribution in [3.05, 3.63) is 0 Å². The van der Waals surface area contributed by atoms with Crippen molar-refractivity contribution in [2.24, 2.45) is 0 Å². The zero-order valence-corrected chi connectivity index (χ0v) is 9.16. The SMILES string of the molecule is COC1CCCC(O)C(OC)(OC)C1. The molecule has 0 amide bonds. The van der Waals surface area contributed by atoms with Crippen LogP contribution in [-0.2, 0) is 14.2 Å². The second kappa shape index (κ2) is 5.07. The van der Waals surface area contributed by atoms with Gasteiger partial charge in [0.25, 0.3) is 0 Å². The van der Waals surface area contributed by atoms with Gasteiger partial charge in [0, 0.05) is 27.8 Å². The fraction of sp³-hybridized carbons (Fsp3) is 1.00. The van der Waals surface area contributed by atoms with E-state index in [0.29, 0.717) is 12.8 Å². The number of hydrogen-bond acceptors (Lipinski definition) is 4. The Morgan fingerprint density at radius 1 is 1.14 bits per heavy atom. The monoisotopic (exact) mass is 204 g/mol. The molecule has 1 N–H and O–H groups in total. The summed E-state index contributed by atoms with van der Waals surface area (Å²) in [5, 5.41) is 9.91. The Bertz CT molecular complexity index is 168. The van der Waals surface area contributed by atoms with Gasteiger partial charge in [-0.2, -0.15) is 0 Å². The quantitative estimate of drug-likeness (QED) is 0.548. The number of methoxy groups -OCH3 is 3. The minimum atomic E-state index is -0.892. The number of rotatable bonds is 3. The molecule has 4 heteroatoms. The highest BCUT2D eigenvalue weighted by molar-refractivity contribution is 4.85. The summed E-state index contributed by atoms with van der Waals surface area (Å²) >= 11 is 0. The number of hydrogen-bond donors (Lipinski definition) is 1. The minimum Gasteiger partial charge on any atom is -0.388 e. The van der Waals surface area contributed by atoms with Gasteiger partial charge in [-0.25, -0.2) is 0 Å². The van der Waals surface area contributed by atoms with Crippen molar-refractivity contribution in [3.63, 3.8) is 0 Å². The second-order valence-corrected chi connectivity index (χ2v) is 3.73. The van der Waals surface area contributed by atoms with E-state index in [-0.39, 0.29) is 6.10 Å². The van der Waals surface area contributed by atoms with Crippen LogP contribution in [0.5, 0.6) is 0 Å². The number of aliphatic hydroxyl groups excluding tert-OH is 1. The zero-order chi connectivity index (χ0) is 10.6. The van der Waals surface area contributed by atoms with Crippen molar-refractivity contribution in [2.45, 2.75) is 43.7 Å². The molecule has 1 saturated carbocycles. The van der Waals surface area contributed by atoms with Gasteiger partial charge in [-0.05, 0) is 19.3 Å². The highest BCUT2D eigenvalue weighted by atomic mass is 16.7. The molecule has 0 aromatic heterocycles. The molecule has 2 unspecified atom stereocenters. The van der Waals surface area contributed by atoms with E-state index in [1.165, 1.54) is 0 Å². The summed E-state index contributed by atoms with van der Waals surface area (Å²) < 4.78 is 15.9. The first kappa shape index (κ1) is 11.9.